The first-order valence-electron chi connectivity index (χ1n) is 8.56. The number of esters is 1. The van der Waals surface area contributed by atoms with Gasteiger partial charge in [0.15, 0.2) is 0 Å². The van der Waals surface area contributed by atoms with Crippen LogP contribution < -0.4 is 9.80 Å². The standard InChI is InChI=1S/C19H22N2O4S/c1-3-21(18(22)16-8-9-17(26-16)19(23)24-2)15-6-4-14(5-7-15)20-10-12-25-13-11-20/h4-9H,3,10-13H2,1-2H3. The van der Waals surface area contributed by atoms with Crippen LogP contribution in [-0.4, -0.2) is 51.8 Å². The van der Waals surface area contributed by atoms with Gasteiger partial charge >= 0.3 is 5.97 Å². The normalized spacial score (nSPS) is 14.2. The third-order valence-electron chi connectivity index (χ3n) is 4.30. The van der Waals surface area contributed by atoms with Gasteiger partial charge in [-0.15, -0.1) is 11.3 Å². The molecule has 1 fully saturated rings. The number of methoxy groups -OCH3 is 1. The molecule has 3 rings (SSSR count). The molecule has 0 saturated carbocycles. The SMILES string of the molecule is CCN(C(=O)c1ccc(C(=O)OC)s1)c1ccc(N2CCOCC2)cc1. The maximum absolute atomic E-state index is 12.8. The lowest BCUT2D eigenvalue weighted by molar-refractivity contribution is 0.0606. The Morgan fingerprint density at radius 3 is 2.38 bits per heavy atom. The lowest BCUT2D eigenvalue weighted by Gasteiger charge is -2.29. The summed E-state index contributed by atoms with van der Waals surface area (Å²) in [6.45, 7) is 5.71. The van der Waals surface area contributed by atoms with E-state index in [1.165, 1.54) is 7.11 Å². The summed E-state index contributed by atoms with van der Waals surface area (Å²) in [5.41, 5.74) is 1.96. The van der Waals surface area contributed by atoms with E-state index in [0.717, 1.165) is 49.0 Å². The summed E-state index contributed by atoms with van der Waals surface area (Å²) < 4.78 is 10.1. The molecular weight excluding hydrogens is 352 g/mol. The fraction of sp³-hybridized carbons (Fsp3) is 0.368. The van der Waals surface area contributed by atoms with Crippen LogP contribution in [0.15, 0.2) is 36.4 Å². The molecular formula is C19H22N2O4S. The first kappa shape index (κ1) is 18.4. The summed E-state index contributed by atoms with van der Waals surface area (Å²) in [5, 5.41) is 0. The predicted octanol–water partition coefficient (Wildman–Crippen LogP) is 3.04. The Bertz CT molecular complexity index is 766. The monoisotopic (exact) mass is 374 g/mol. The number of anilines is 2. The van der Waals surface area contributed by atoms with E-state index < -0.39 is 5.97 Å². The fourth-order valence-corrected chi connectivity index (χ4v) is 3.78. The molecule has 0 bridgehead atoms. The number of rotatable bonds is 5. The van der Waals surface area contributed by atoms with Crippen LogP contribution in [0.5, 0.6) is 0 Å². The number of carbonyl (C=O) groups excluding carboxylic acids is 2. The third-order valence-corrected chi connectivity index (χ3v) is 5.36. The second-order valence-corrected chi connectivity index (χ2v) is 6.90. The van der Waals surface area contributed by atoms with E-state index in [9.17, 15) is 9.59 Å². The maximum Gasteiger partial charge on any atom is 0.348 e. The number of hydrogen-bond acceptors (Lipinski definition) is 6. The van der Waals surface area contributed by atoms with Crippen molar-refractivity contribution in [2.45, 2.75) is 6.92 Å². The molecule has 0 spiro atoms. The lowest BCUT2D eigenvalue weighted by atomic mass is 10.2. The topological polar surface area (TPSA) is 59.1 Å². The number of morpholine rings is 1. The Labute approximate surface area is 156 Å². The van der Waals surface area contributed by atoms with Gasteiger partial charge in [0.2, 0.25) is 0 Å². The summed E-state index contributed by atoms with van der Waals surface area (Å²) in [4.78, 5) is 29.4. The minimum absolute atomic E-state index is 0.119. The number of ether oxygens (including phenoxy) is 2. The van der Waals surface area contributed by atoms with Crippen LogP contribution in [0, 0.1) is 0 Å². The van der Waals surface area contributed by atoms with Crippen LogP contribution in [0.2, 0.25) is 0 Å². The summed E-state index contributed by atoms with van der Waals surface area (Å²) in [6.07, 6.45) is 0. The number of thiophene rings is 1. The molecule has 7 heteroatoms. The molecule has 138 valence electrons. The van der Waals surface area contributed by atoms with Crippen molar-refractivity contribution in [3.8, 4) is 0 Å². The molecule has 1 aliphatic rings. The van der Waals surface area contributed by atoms with Crippen LogP contribution in [0.4, 0.5) is 11.4 Å². The molecule has 2 heterocycles. The third kappa shape index (κ3) is 3.89. The average molecular weight is 374 g/mol. The van der Waals surface area contributed by atoms with E-state index in [2.05, 4.69) is 4.90 Å². The number of amides is 1. The van der Waals surface area contributed by atoms with Gasteiger partial charge < -0.3 is 19.3 Å². The van der Waals surface area contributed by atoms with E-state index in [0.29, 0.717) is 16.3 Å². The largest absolute Gasteiger partial charge is 0.465 e. The quantitative estimate of drug-likeness (QED) is 0.753. The number of carbonyl (C=O) groups is 2. The summed E-state index contributed by atoms with van der Waals surface area (Å²) in [5.74, 6) is -0.543. The van der Waals surface area contributed by atoms with Crippen LogP contribution >= 0.6 is 11.3 Å². The molecule has 1 saturated heterocycles. The fourth-order valence-electron chi connectivity index (χ4n) is 2.90. The molecule has 0 N–H and O–H groups in total. The van der Waals surface area contributed by atoms with E-state index in [-0.39, 0.29) is 5.91 Å². The van der Waals surface area contributed by atoms with Gasteiger partial charge in [0.25, 0.3) is 5.91 Å². The summed E-state index contributed by atoms with van der Waals surface area (Å²) >= 11 is 1.15. The smallest absolute Gasteiger partial charge is 0.348 e. The minimum Gasteiger partial charge on any atom is -0.465 e. The molecule has 1 amide bonds. The second kappa shape index (κ2) is 8.33. The maximum atomic E-state index is 12.8. The summed E-state index contributed by atoms with van der Waals surface area (Å²) in [7, 11) is 1.33. The molecule has 1 aromatic carbocycles. The minimum atomic E-state index is -0.424. The van der Waals surface area contributed by atoms with Crippen molar-refractivity contribution in [1.82, 2.24) is 0 Å². The highest BCUT2D eigenvalue weighted by atomic mass is 32.1. The predicted molar refractivity (Wildman–Crippen MR) is 102 cm³/mol. The Kier molecular flexibility index (Phi) is 5.90. The van der Waals surface area contributed by atoms with E-state index in [1.807, 2.05) is 31.2 Å². The highest BCUT2D eigenvalue weighted by Gasteiger charge is 2.20. The second-order valence-electron chi connectivity index (χ2n) is 5.82. The molecule has 1 aliphatic heterocycles. The molecule has 0 unspecified atom stereocenters. The number of nitrogens with zero attached hydrogens (tertiary/aromatic N) is 2. The molecule has 6 nitrogen and oxygen atoms in total. The van der Waals surface area contributed by atoms with Crippen molar-refractivity contribution in [2.24, 2.45) is 0 Å². The zero-order valence-electron chi connectivity index (χ0n) is 14.9. The number of hydrogen-bond donors (Lipinski definition) is 0. The van der Waals surface area contributed by atoms with Crippen molar-refractivity contribution >= 4 is 34.6 Å². The van der Waals surface area contributed by atoms with E-state index >= 15 is 0 Å². The van der Waals surface area contributed by atoms with Gasteiger partial charge in [0, 0.05) is 31.0 Å². The molecule has 2 aromatic rings. The van der Waals surface area contributed by atoms with Crippen molar-refractivity contribution in [3.63, 3.8) is 0 Å². The molecule has 1 aromatic heterocycles. The van der Waals surface area contributed by atoms with Gasteiger partial charge in [-0.2, -0.15) is 0 Å². The van der Waals surface area contributed by atoms with Gasteiger partial charge in [0.05, 0.1) is 25.2 Å². The van der Waals surface area contributed by atoms with Crippen molar-refractivity contribution in [1.29, 1.82) is 0 Å². The van der Waals surface area contributed by atoms with Crippen molar-refractivity contribution in [2.75, 3.05) is 49.8 Å². The Hall–Kier alpha value is -2.38. The molecule has 0 atom stereocenters. The van der Waals surface area contributed by atoms with Crippen LogP contribution in [0.1, 0.15) is 26.3 Å². The van der Waals surface area contributed by atoms with Crippen LogP contribution in [0.3, 0.4) is 0 Å². The average Bonchev–Trinajstić information content (AvgIpc) is 3.19. The molecule has 0 aliphatic carbocycles. The Morgan fingerprint density at radius 1 is 1.12 bits per heavy atom. The first-order valence-corrected chi connectivity index (χ1v) is 9.38. The van der Waals surface area contributed by atoms with Gasteiger partial charge in [-0.1, -0.05) is 0 Å². The van der Waals surface area contributed by atoms with Gasteiger partial charge in [-0.05, 0) is 43.3 Å². The Balaban J connectivity index is 1.76. The van der Waals surface area contributed by atoms with Crippen LogP contribution in [0.25, 0.3) is 0 Å². The highest BCUT2D eigenvalue weighted by Crippen LogP contribution is 2.25. The molecule has 26 heavy (non-hydrogen) atoms. The summed E-state index contributed by atoms with van der Waals surface area (Å²) in [6, 6.07) is 11.3. The van der Waals surface area contributed by atoms with E-state index in [1.54, 1.807) is 17.0 Å². The highest BCUT2D eigenvalue weighted by molar-refractivity contribution is 7.16. The zero-order chi connectivity index (χ0) is 18.5. The lowest BCUT2D eigenvalue weighted by Crippen LogP contribution is -2.36. The first-order chi connectivity index (χ1) is 12.6. The Morgan fingerprint density at radius 2 is 1.77 bits per heavy atom. The van der Waals surface area contributed by atoms with Gasteiger partial charge in [-0.25, -0.2) is 4.79 Å². The number of benzene rings is 1. The van der Waals surface area contributed by atoms with Gasteiger partial charge in [0.1, 0.15) is 4.88 Å². The van der Waals surface area contributed by atoms with Crippen molar-refractivity contribution in [3.05, 3.63) is 46.2 Å². The van der Waals surface area contributed by atoms with E-state index in [4.69, 9.17) is 9.47 Å². The van der Waals surface area contributed by atoms with Gasteiger partial charge in [-0.3, -0.25) is 4.79 Å². The zero-order valence-corrected chi connectivity index (χ0v) is 15.8. The van der Waals surface area contributed by atoms with Crippen molar-refractivity contribution < 1.29 is 19.1 Å². The van der Waals surface area contributed by atoms with Crippen LogP contribution in [-0.2, 0) is 9.47 Å². The molecule has 0 radical (unpaired) electrons.